The molecule has 0 aliphatic heterocycles. The Hall–Kier alpha value is 0.310. The van der Waals surface area contributed by atoms with Crippen LogP contribution in [0.15, 0.2) is 0 Å². The Morgan fingerprint density at radius 2 is 1.71 bits per heavy atom. The normalized spacial score (nSPS) is 19.1. The van der Waals surface area contributed by atoms with E-state index in [0.717, 1.165) is 11.8 Å². The van der Waals surface area contributed by atoms with E-state index in [1.165, 1.54) is 25.7 Å². The second-order valence-corrected chi connectivity index (χ2v) is 5.99. The van der Waals surface area contributed by atoms with Crippen LogP contribution in [0.5, 0.6) is 0 Å². The van der Waals surface area contributed by atoms with E-state index in [1.54, 1.807) is 0 Å². The Morgan fingerprint density at radius 1 is 1.12 bits per heavy atom. The SMILES string of the molecule is CCCCC(CC)N(C)C(C)C(C)C(C)CS. The van der Waals surface area contributed by atoms with Crippen molar-refractivity contribution in [2.45, 2.75) is 72.4 Å². The van der Waals surface area contributed by atoms with E-state index < -0.39 is 0 Å². The van der Waals surface area contributed by atoms with Gasteiger partial charge in [0.05, 0.1) is 0 Å². The second kappa shape index (κ2) is 9.27. The highest BCUT2D eigenvalue weighted by atomic mass is 32.1. The summed E-state index contributed by atoms with van der Waals surface area (Å²) >= 11 is 4.43. The maximum absolute atomic E-state index is 4.43. The smallest absolute Gasteiger partial charge is 0.00952 e. The van der Waals surface area contributed by atoms with Crippen LogP contribution in [0.1, 0.15) is 60.3 Å². The molecule has 0 aromatic carbocycles. The summed E-state index contributed by atoms with van der Waals surface area (Å²) in [6.07, 6.45) is 5.27. The average Bonchev–Trinajstić information content (AvgIpc) is 2.36. The highest BCUT2D eigenvalue weighted by molar-refractivity contribution is 7.80. The lowest BCUT2D eigenvalue weighted by molar-refractivity contribution is 0.112. The van der Waals surface area contributed by atoms with Crippen LogP contribution >= 0.6 is 12.6 Å². The highest BCUT2D eigenvalue weighted by Crippen LogP contribution is 2.23. The molecule has 1 nitrogen and oxygen atoms in total. The monoisotopic (exact) mass is 259 g/mol. The molecule has 0 heterocycles. The topological polar surface area (TPSA) is 3.24 Å². The minimum Gasteiger partial charge on any atom is -0.300 e. The summed E-state index contributed by atoms with van der Waals surface area (Å²) in [5, 5.41) is 0. The van der Waals surface area contributed by atoms with Crippen molar-refractivity contribution in [2.75, 3.05) is 12.8 Å². The van der Waals surface area contributed by atoms with Gasteiger partial charge in [-0.1, -0.05) is 40.5 Å². The largest absolute Gasteiger partial charge is 0.300 e. The fraction of sp³-hybridized carbons (Fsp3) is 1.00. The number of nitrogens with zero attached hydrogens (tertiary/aromatic N) is 1. The number of hydrogen-bond donors (Lipinski definition) is 1. The molecule has 0 saturated heterocycles. The predicted molar refractivity (Wildman–Crippen MR) is 83.0 cm³/mol. The van der Waals surface area contributed by atoms with Gasteiger partial charge in [-0.15, -0.1) is 0 Å². The van der Waals surface area contributed by atoms with Gasteiger partial charge in [0.15, 0.2) is 0 Å². The van der Waals surface area contributed by atoms with Crippen molar-refractivity contribution in [3.05, 3.63) is 0 Å². The van der Waals surface area contributed by atoms with Gasteiger partial charge in [0, 0.05) is 12.1 Å². The molecule has 104 valence electrons. The van der Waals surface area contributed by atoms with Gasteiger partial charge in [-0.3, -0.25) is 0 Å². The zero-order chi connectivity index (χ0) is 13.4. The molecular formula is C15H33NS. The molecule has 0 bridgehead atoms. The first-order chi connectivity index (χ1) is 7.99. The van der Waals surface area contributed by atoms with E-state index in [4.69, 9.17) is 0 Å². The molecule has 0 fully saturated rings. The van der Waals surface area contributed by atoms with E-state index in [-0.39, 0.29) is 0 Å². The van der Waals surface area contributed by atoms with Crippen LogP contribution in [0.2, 0.25) is 0 Å². The maximum Gasteiger partial charge on any atom is 0.00952 e. The Labute approximate surface area is 115 Å². The molecule has 0 radical (unpaired) electrons. The summed E-state index contributed by atoms with van der Waals surface area (Å²) in [6, 6.07) is 1.40. The number of rotatable bonds is 9. The molecule has 0 spiro atoms. The van der Waals surface area contributed by atoms with Gasteiger partial charge in [0.1, 0.15) is 0 Å². The standard InChI is InChI=1S/C15H33NS/c1-7-9-10-15(8-2)16(6)14(5)13(4)12(3)11-17/h12-15,17H,7-11H2,1-6H3. The van der Waals surface area contributed by atoms with Gasteiger partial charge in [0.25, 0.3) is 0 Å². The van der Waals surface area contributed by atoms with Gasteiger partial charge < -0.3 is 4.90 Å². The van der Waals surface area contributed by atoms with Crippen molar-refractivity contribution in [3.63, 3.8) is 0 Å². The second-order valence-electron chi connectivity index (χ2n) is 5.63. The van der Waals surface area contributed by atoms with Gasteiger partial charge in [-0.25, -0.2) is 0 Å². The Balaban J connectivity index is 4.37. The third-order valence-corrected chi connectivity index (χ3v) is 5.10. The van der Waals surface area contributed by atoms with E-state index in [9.17, 15) is 0 Å². The zero-order valence-electron chi connectivity index (χ0n) is 12.7. The van der Waals surface area contributed by atoms with Gasteiger partial charge in [-0.05, 0) is 44.4 Å². The van der Waals surface area contributed by atoms with E-state index >= 15 is 0 Å². The summed E-state index contributed by atoms with van der Waals surface area (Å²) in [4.78, 5) is 2.60. The molecule has 0 aromatic rings. The van der Waals surface area contributed by atoms with Crippen LogP contribution in [0.25, 0.3) is 0 Å². The fourth-order valence-corrected chi connectivity index (χ4v) is 2.81. The van der Waals surface area contributed by atoms with Gasteiger partial charge in [-0.2, -0.15) is 12.6 Å². The van der Waals surface area contributed by atoms with E-state index in [2.05, 4.69) is 59.2 Å². The average molecular weight is 260 g/mol. The Morgan fingerprint density at radius 3 is 2.12 bits per heavy atom. The first-order valence-corrected chi connectivity index (χ1v) is 7.95. The summed E-state index contributed by atoms with van der Waals surface area (Å²) in [7, 11) is 2.30. The molecular weight excluding hydrogens is 226 g/mol. The number of unbranched alkanes of at least 4 members (excludes halogenated alkanes) is 1. The highest BCUT2D eigenvalue weighted by Gasteiger charge is 2.25. The first kappa shape index (κ1) is 17.3. The van der Waals surface area contributed by atoms with Crippen LogP contribution in [0, 0.1) is 11.8 Å². The van der Waals surface area contributed by atoms with Crippen LogP contribution in [-0.4, -0.2) is 29.8 Å². The molecule has 0 amide bonds. The predicted octanol–water partition coefficient (Wildman–Crippen LogP) is 4.48. The molecule has 2 heteroatoms. The number of thiol groups is 1. The Bertz CT molecular complexity index is 184. The third kappa shape index (κ3) is 5.65. The first-order valence-electron chi connectivity index (χ1n) is 7.32. The third-order valence-electron chi connectivity index (χ3n) is 4.53. The molecule has 4 atom stereocenters. The van der Waals surface area contributed by atoms with Gasteiger partial charge in [0.2, 0.25) is 0 Å². The van der Waals surface area contributed by atoms with Crippen molar-refractivity contribution >= 4 is 12.6 Å². The molecule has 0 N–H and O–H groups in total. The molecule has 17 heavy (non-hydrogen) atoms. The fourth-order valence-electron chi connectivity index (χ4n) is 2.48. The molecule has 0 rings (SSSR count). The lowest BCUT2D eigenvalue weighted by Gasteiger charge is -2.38. The van der Waals surface area contributed by atoms with Crippen molar-refractivity contribution < 1.29 is 0 Å². The summed E-state index contributed by atoms with van der Waals surface area (Å²) in [5.74, 6) is 2.40. The van der Waals surface area contributed by atoms with Crippen molar-refractivity contribution in [1.29, 1.82) is 0 Å². The van der Waals surface area contributed by atoms with Gasteiger partial charge >= 0.3 is 0 Å². The molecule has 0 aliphatic rings. The molecule has 0 saturated carbocycles. The quantitative estimate of drug-likeness (QED) is 0.598. The van der Waals surface area contributed by atoms with Crippen LogP contribution < -0.4 is 0 Å². The Kier molecular flexibility index (Phi) is 9.44. The van der Waals surface area contributed by atoms with Crippen molar-refractivity contribution in [3.8, 4) is 0 Å². The lowest BCUT2D eigenvalue weighted by Crippen LogP contribution is -2.43. The molecule has 0 aliphatic carbocycles. The molecule has 4 unspecified atom stereocenters. The minimum atomic E-state index is 0.652. The van der Waals surface area contributed by atoms with E-state index in [0.29, 0.717) is 17.9 Å². The van der Waals surface area contributed by atoms with Crippen molar-refractivity contribution in [1.82, 2.24) is 4.90 Å². The summed E-state index contributed by atoms with van der Waals surface area (Å²) < 4.78 is 0. The van der Waals surface area contributed by atoms with Crippen molar-refractivity contribution in [2.24, 2.45) is 11.8 Å². The summed E-state index contributed by atoms with van der Waals surface area (Å²) in [5.41, 5.74) is 0. The van der Waals surface area contributed by atoms with Crippen LogP contribution in [0.3, 0.4) is 0 Å². The molecule has 0 aromatic heterocycles. The summed E-state index contributed by atoms with van der Waals surface area (Å²) in [6.45, 7) is 11.7. The van der Waals surface area contributed by atoms with Crippen LogP contribution in [-0.2, 0) is 0 Å². The maximum atomic E-state index is 4.43. The zero-order valence-corrected chi connectivity index (χ0v) is 13.6. The number of hydrogen-bond acceptors (Lipinski definition) is 2. The minimum absolute atomic E-state index is 0.652. The van der Waals surface area contributed by atoms with Crippen LogP contribution in [0.4, 0.5) is 0 Å². The lowest BCUT2D eigenvalue weighted by atomic mass is 9.89. The van der Waals surface area contributed by atoms with E-state index in [1.807, 2.05) is 0 Å².